The lowest BCUT2D eigenvalue weighted by Gasteiger charge is -2.35. The van der Waals surface area contributed by atoms with E-state index in [4.69, 9.17) is 4.74 Å². The first-order valence-corrected chi connectivity index (χ1v) is 9.14. The lowest BCUT2D eigenvalue weighted by molar-refractivity contribution is -0.129. The van der Waals surface area contributed by atoms with Gasteiger partial charge in [0.1, 0.15) is 24.1 Å². The summed E-state index contributed by atoms with van der Waals surface area (Å²) >= 11 is 0. The highest BCUT2D eigenvalue weighted by molar-refractivity contribution is 5.82. The first-order chi connectivity index (χ1) is 13.5. The predicted molar refractivity (Wildman–Crippen MR) is 99.1 cm³/mol. The number of piperazine rings is 1. The van der Waals surface area contributed by atoms with Crippen LogP contribution in [0.4, 0.5) is 20.4 Å². The van der Waals surface area contributed by atoms with Crippen molar-refractivity contribution in [1.29, 1.82) is 0 Å². The summed E-state index contributed by atoms with van der Waals surface area (Å²) in [6.45, 7) is 3.16. The van der Waals surface area contributed by atoms with Gasteiger partial charge in [-0.05, 0) is 17.7 Å². The molecule has 2 aliphatic rings. The van der Waals surface area contributed by atoms with Crippen LogP contribution in [-0.4, -0.2) is 67.2 Å². The van der Waals surface area contributed by atoms with Crippen LogP contribution in [0.15, 0.2) is 30.6 Å². The van der Waals surface area contributed by atoms with Crippen LogP contribution in [0.2, 0.25) is 0 Å². The van der Waals surface area contributed by atoms with Crippen molar-refractivity contribution in [3.63, 3.8) is 0 Å². The van der Waals surface area contributed by atoms with Crippen molar-refractivity contribution in [1.82, 2.24) is 14.9 Å². The molecular formula is C19H21F2N5O2. The molecule has 148 valence electrons. The number of carbonyl (C=O) groups excluding carboxylic acids is 1. The molecule has 0 spiro atoms. The molecule has 1 aromatic heterocycles. The molecule has 9 heteroatoms. The van der Waals surface area contributed by atoms with Gasteiger partial charge in [-0.15, -0.1) is 0 Å². The van der Waals surface area contributed by atoms with Gasteiger partial charge < -0.3 is 19.4 Å². The number of hydrogen-bond donors (Lipinski definition) is 0. The van der Waals surface area contributed by atoms with E-state index in [2.05, 4.69) is 9.97 Å². The molecule has 1 unspecified atom stereocenters. The van der Waals surface area contributed by atoms with Gasteiger partial charge in [0.2, 0.25) is 5.91 Å². The first-order valence-electron chi connectivity index (χ1n) is 9.14. The van der Waals surface area contributed by atoms with Gasteiger partial charge in [0.25, 0.3) is 0 Å². The number of morpholine rings is 1. The molecule has 0 saturated carbocycles. The van der Waals surface area contributed by atoms with E-state index in [9.17, 15) is 13.6 Å². The van der Waals surface area contributed by atoms with Crippen molar-refractivity contribution in [3.8, 4) is 0 Å². The number of likely N-dealkylation sites (N-methyl/N-ethyl adjacent to an activating group) is 1. The molecule has 4 rings (SSSR count). The third kappa shape index (κ3) is 3.75. The third-order valence-corrected chi connectivity index (χ3v) is 5.13. The zero-order valence-electron chi connectivity index (χ0n) is 15.5. The maximum absolute atomic E-state index is 13.6. The minimum Gasteiger partial charge on any atom is -0.370 e. The van der Waals surface area contributed by atoms with Gasteiger partial charge in [-0.2, -0.15) is 0 Å². The second kappa shape index (κ2) is 7.67. The Hall–Kier alpha value is -2.81. The molecule has 1 amide bonds. The summed E-state index contributed by atoms with van der Waals surface area (Å²) in [7, 11) is 1.79. The quantitative estimate of drug-likeness (QED) is 0.795. The maximum atomic E-state index is 13.6. The highest BCUT2D eigenvalue weighted by Gasteiger charge is 2.26. The number of amides is 1. The van der Waals surface area contributed by atoms with Crippen LogP contribution in [0.25, 0.3) is 0 Å². The molecule has 2 saturated heterocycles. The number of nitrogens with zero attached hydrogens (tertiary/aromatic N) is 5. The molecule has 0 aliphatic carbocycles. The Morgan fingerprint density at radius 2 is 1.82 bits per heavy atom. The van der Waals surface area contributed by atoms with Gasteiger partial charge in [-0.25, -0.2) is 18.7 Å². The monoisotopic (exact) mass is 389 g/mol. The highest BCUT2D eigenvalue weighted by Crippen LogP contribution is 2.27. The van der Waals surface area contributed by atoms with Crippen LogP contribution in [0, 0.1) is 11.6 Å². The Kier molecular flexibility index (Phi) is 5.08. The minimum absolute atomic E-state index is 0.0520. The number of benzene rings is 1. The second-order valence-corrected chi connectivity index (χ2v) is 6.95. The van der Waals surface area contributed by atoms with Crippen LogP contribution < -0.4 is 9.80 Å². The largest absolute Gasteiger partial charge is 0.370 e. The highest BCUT2D eigenvalue weighted by atomic mass is 19.2. The average Bonchev–Trinajstić information content (AvgIpc) is 2.72. The smallest absolute Gasteiger partial charge is 0.241 e. The predicted octanol–water partition coefficient (Wildman–Crippen LogP) is 1.61. The molecule has 1 aromatic carbocycles. The third-order valence-electron chi connectivity index (χ3n) is 5.13. The molecule has 0 N–H and O–H groups in total. The summed E-state index contributed by atoms with van der Waals surface area (Å²) in [6.07, 6.45) is 1.10. The Bertz CT molecular complexity index is 881. The van der Waals surface area contributed by atoms with Gasteiger partial charge in [0, 0.05) is 39.3 Å². The second-order valence-electron chi connectivity index (χ2n) is 6.95. The Morgan fingerprint density at radius 1 is 1.04 bits per heavy atom. The van der Waals surface area contributed by atoms with Gasteiger partial charge in [-0.1, -0.05) is 6.07 Å². The van der Waals surface area contributed by atoms with E-state index in [-0.39, 0.29) is 18.6 Å². The molecule has 3 heterocycles. The zero-order valence-corrected chi connectivity index (χ0v) is 15.5. The summed E-state index contributed by atoms with van der Waals surface area (Å²) < 4.78 is 32.5. The van der Waals surface area contributed by atoms with Crippen molar-refractivity contribution >= 4 is 17.5 Å². The lowest BCUT2D eigenvalue weighted by Crippen LogP contribution is -2.49. The number of aromatic nitrogens is 2. The van der Waals surface area contributed by atoms with Gasteiger partial charge in [0.05, 0.1) is 13.2 Å². The van der Waals surface area contributed by atoms with Crippen molar-refractivity contribution in [3.05, 3.63) is 47.8 Å². The van der Waals surface area contributed by atoms with Gasteiger partial charge in [-0.3, -0.25) is 4.79 Å². The molecule has 28 heavy (non-hydrogen) atoms. The van der Waals surface area contributed by atoms with E-state index in [1.54, 1.807) is 11.9 Å². The molecule has 0 bridgehead atoms. The van der Waals surface area contributed by atoms with E-state index in [0.717, 1.165) is 6.07 Å². The molecule has 2 aromatic rings. The standard InChI is InChI=1S/C19H21F2N5O2/c1-24-4-5-25(11-19(24)27)17-9-18(23-12-22-17)26-6-7-28-16(10-26)13-2-3-14(20)15(21)8-13/h2-3,8-9,12,16H,4-7,10-11H2,1H3. The fourth-order valence-corrected chi connectivity index (χ4v) is 3.41. The summed E-state index contributed by atoms with van der Waals surface area (Å²) in [5.74, 6) is -0.299. The fraction of sp³-hybridized carbons (Fsp3) is 0.421. The van der Waals surface area contributed by atoms with Crippen LogP contribution in [-0.2, 0) is 9.53 Å². The van der Waals surface area contributed by atoms with Crippen molar-refractivity contribution in [2.45, 2.75) is 6.10 Å². The summed E-state index contributed by atoms with van der Waals surface area (Å²) in [5.41, 5.74) is 0.586. The molecule has 2 aliphatic heterocycles. The zero-order chi connectivity index (χ0) is 19.7. The summed E-state index contributed by atoms with van der Waals surface area (Å²) in [5, 5.41) is 0. The normalized spacial score (nSPS) is 20.6. The number of rotatable bonds is 3. The lowest BCUT2D eigenvalue weighted by atomic mass is 10.1. The van der Waals surface area contributed by atoms with Gasteiger partial charge >= 0.3 is 0 Å². The minimum atomic E-state index is -0.887. The number of ether oxygens (including phenoxy) is 1. The Morgan fingerprint density at radius 3 is 2.57 bits per heavy atom. The summed E-state index contributed by atoms with van der Waals surface area (Å²) in [6, 6.07) is 5.67. The number of halogens is 2. The molecule has 2 fully saturated rings. The van der Waals surface area contributed by atoms with Crippen molar-refractivity contribution in [2.24, 2.45) is 0 Å². The Balaban J connectivity index is 1.51. The summed E-state index contributed by atoms with van der Waals surface area (Å²) in [4.78, 5) is 26.3. The molecular weight excluding hydrogens is 368 g/mol. The van der Waals surface area contributed by atoms with Crippen LogP contribution in [0.3, 0.4) is 0 Å². The van der Waals surface area contributed by atoms with Gasteiger partial charge in [0.15, 0.2) is 11.6 Å². The maximum Gasteiger partial charge on any atom is 0.241 e. The molecule has 1 atom stereocenters. The number of hydrogen-bond acceptors (Lipinski definition) is 6. The topological polar surface area (TPSA) is 61.8 Å². The number of anilines is 2. The van der Waals surface area contributed by atoms with Crippen LogP contribution in [0.1, 0.15) is 11.7 Å². The average molecular weight is 389 g/mol. The molecule has 7 nitrogen and oxygen atoms in total. The first kappa shape index (κ1) is 18.5. The van der Waals surface area contributed by atoms with E-state index in [1.165, 1.54) is 18.5 Å². The fourth-order valence-electron chi connectivity index (χ4n) is 3.41. The Labute approximate surface area is 161 Å². The number of carbonyl (C=O) groups is 1. The van der Waals surface area contributed by atoms with Crippen LogP contribution in [0.5, 0.6) is 0 Å². The van der Waals surface area contributed by atoms with E-state index in [0.29, 0.717) is 50.0 Å². The van der Waals surface area contributed by atoms with Crippen molar-refractivity contribution in [2.75, 3.05) is 56.2 Å². The van der Waals surface area contributed by atoms with Crippen molar-refractivity contribution < 1.29 is 18.3 Å². The van der Waals surface area contributed by atoms with E-state index in [1.807, 2.05) is 15.9 Å². The molecule has 0 radical (unpaired) electrons. The SMILES string of the molecule is CN1CCN(c2cc(N3CCOC(c4ccc(F)c(F)c4)C3)ncn2)CC1=O. The van der Waals surface area contributed by atoms with E-state index < -0.39 is 11.6 Å². The van der Waals surface area contributed by atoms with E-state index >= 15 is 0 Å². The van der Waals surface area contributed by atoms with Crippen LogP contribution >= 0.6 is 0 Å².